The normalized spacial score (nSPS) is 12.6. The number of benzene rings is 3. The highest BCUT2D eigenvalue weighted by molar-refractivity contribution is 7.92. The molecular formula is C33H43N3O6S. The Kier molecular flexibility index (Phi) is 12.0. The zero-order chi connectivity index (χ0) is 31.6. The predicted octanol–water partition coefficient (Wildman–Crippen LogP) is 4.97. The number of nitrogens with zero attached hydrogens (tertiary/aromatic N) is 2. The monoisotopic (exact) mass is 609 g/mol. The maximum absolute atomic E-state index is 14.3. The van der Waals surface area contributed by atoms with Crippen LogP contribution in [0.25, 0.3) is 0 Å². The first-order valence-electron chi connectivity index (χ1n) is 14.5. The molecule has 0 aliphatic carbocycles. The smallest absolute Gasteiger partial charge is 0.264 e. The molecule has 0 aromatic heterocycles. The number of aryl methyl sites for hydroxylation is 1. The first-order valence-corrected chi connectivity index (χ1v) is 15.9. The third-order valence-electron chi connectivity index (χ3n) is 7.41. The molecule has 0 bridgehead atoms. The van der Waals surface area contributed by atoms with Crippen LogP contribution in [0.3, 0.4) is 0 Å². The predicted molar refractivity (Wildman–Crippen MR) is 169 cm³/mol. The second-order valence-corrected chi connectivity index (χ2v) is 12.3. The molecule has 0 aliphatic heterocycles. The number of hydrogen-bond donors (Lipinski definition) is 1. The van der Waals surface area contributed by atoms with Gasteiger partial charge in [0, 0.05) is 18.7 Å². The lowest BCUT2D eigenvalue weighted by molar-refractivity contribution is -0.139. The molecule has 0 spiro atoms. The van der Waals surface area contributed by atoms with Crippen LogP contribution in [0.15, 0.2) is 77.7 Å². The van der Waals surface area contributed by atoms with Gasteiger partial charge in [-0.25, -0.2) is 8.42 Å². The van der Waals surface area contributed by atoms with Gasteiger partial charge >= 0.3 is 0 Å². The number of anilines is 1. The van der Waals surface area contributed by atoms with Crippen molar-refractivity contribution in [3.63, 3.8) is 0 Å². The quantitative estimate of drug-likeness (QED) is 0.261. The standard InChI is InChI=1S/C33H43N3O6S/c1-7-25(4)34-33(38)29(8-2)35(21-20-26-12-10-9-11-13-26)32(37)23-36(30-22-27(41-5)16-19-31(30)42-6)43(39,40)28-17-14-24(3)15-18-28/h9-19,22,25,29H,7-8,20-21,23H2,1-6H3,(H,34,38)/t25-,29-/m1/s1. The van der Waals surface area contributed by atoms with Crippen LogP contribution in [0.5, 0.6) is 11.5 Å². The summed E-state index contributed by atoms with van der Waals surface area (Å²) in [6.07, 6.45) is 1.58. The lowest BCUT2D eigenvalue weighted by atomic mass is 10.1. The van der Waals surface area contributed by atoms with Crippen molar-refractivity contribution < 1.29 is 27.5 Å². The first-order chi connectivity index (χ1) is 20.5. The second kappa shape index (κ2) is 15.4. The SMILES string of the molecule is CC[C@@H](C)NC(=O)[C@@H](CC)N(CCc1ccccc1)C(=O)CN(c1cc(OC)ccc1OC)S(=O)(=O)c1ccc(C)cc1. The molecule has 0 radical (unpaired) electrons. The molecule has 1 N–H and O–H groups in total. The number of amides is 2. The summed E-state index contributed by atoms with van der Waals surface area (Å²) in [5, 5.41) is 2.99. The third kappa shape index (κ3) is 8.50. The van der Waals surface area contributed by atoms with E-state index in [0.717, 1.165) is 21.9 Å². The molecular weight excluding hydrogens is 566 g/mol. The van der Waals surface area contributed by atoms with Crippen molar-refractivity contribution in [2.75, 3.05) is 31.6 Å². The minimum absolute atomic E-state index is 0.0214. The van der Waals surface area contributed by atoms with Crippen molar-refractivity contribution >= 4 is 27.5 Å². The molecule has 232 valence electrons. The van der Waals surface area contributed by atoms with Crippen LogP contribution in [0, 0.1) is 6.92 Å². The minimum Gasteiger partial charge on any atom is -0.497 e. The van der Waals surface area contributed by atoms with Crippen molar-refractivity contribution in [1.82, 2.24) is 10.2 Å². The Bertz CT molecular complexity index is 1460. The number of hydrogen-bond acceptors (Lipinski definition) is 6. The summed E-state index contributed by atoms with van der Waals surface area (Å²) >= 11 is 0. The lowest BCUT2D eigenvalue weighted by Gasteiger charge is -2.34. The van der Waals surface area contributed by atoms with Crippen molar-refractivity contribution in [2.45, 2.75) is 63.9 Å². The van der Waals surface area contributed by atoms with Gasteiger partial charge in [0.05, 0.1) is 24.8 Å². The highest BCUT2D eigenvalue weighted by Crippen LogP contribution is 2.36. The van der Waals surface area contributed by atoms with E-state index in [9.17, 15) is 18.0 Å². The summed E-state index contributed by atoms with van der Waals surface area (Å²) in [6, 6.07) is 20.0. The molecule has 9 nitrogen and oxygen atoms in total. The van der Waals surface area contributed by atoms with E-state index in [2.05, 4.69) is 5.32 Å². The Balaban J connectivity index is 2.10. The Morgan fingerprint density at radius 2 is 1.58 bits per heavy atom. The number of carbonyl (C=O) groups excluding carboxylic acids is 2. The van der Waals surface area contributed by atoms with Gasteiger partial charge in [0.2, 0.25) is 11.8 Å². The Hall–Kier alpha value is -4.05. The zero-order valence-electron chi connectivity index (χ0n) is 25.9. The zero-order valence-corrected chi connectivity index (χ0v) is 26.7. The van der Waals surface area contributed by atoms with Gasteiger partial charge in [0.25, 0.3) is 10.0 Å². The third-order valence-corrected chi connectivity index (χ3v) is 9.19. The summed E-state index contributed by atoms with van der Waals surface area (Å²) in [4.78, 5) is 29.2. The highest BCUT2D eigenvalue weighted by atomic mass is 32.2. The average Bonchev–Trinajstić information content (AvgIpc) is 3.01. The number of rotatable bonds is 15. The average molecular weight is 610 g/mol. The molecule has 3 aromatic rings. The van der Waals surface area contributed by atoms with Crippen molar-refractivity contribution in [3.8, 4) is 11.5 Å². The summed E-state index contributed by atoms with van der Waals surface area (Å²) in [5.74, 6) is -0.137. The van der Waals surface area contributed by atoms with Gasteiger partial charge in [-0.05, 0) is 62.9 Å². The van der Waals surface area contributed by atoms with E-state index in [1.807, 2.05) is 58.0 Å². The van der Waals surface area contributed by atoms with Crippen LogP contribution in [-0.4, -0.2) is 64.5 Å². The molecule has 0 fully saturated rings. The highest BCUT2D eigenvalue weighted by Gasteiger charge is 2.35. The fourth-order valence-electron chi connectivity index (χ4n) is 4.68. The molecule has 2 amide bonds. The van der Waals surface area contributed by atoms with Crippen LogP contribution in [0.4, 0.5) is 5.69 Å². The Morgan fingerprint density at radius 1 is 0.907 bits per heavy atom. The van der Waals surface area contributed by atoms with Crippen LogP contribution < -0.4 is 19.1 Å². The van der Waals surface area contributed by atoms with Gasteiger partial charge < -0.3 is 19.7 Å². The van der Waals surface area contributed by atoms with Crippen LogP contribution in [0.2, 0.25) is 0 Å². The van der Waals surface area contributed by atoms with E-state index < -0.39 is 28.5 Å². The number of methoxy groups -OCH3 is 2. The topological polar surface area (TPSA) is 105 Å². The first kappa shape index (κ1) is 33.5. The largest absolute Gasteiger partial charge is 0.497 e. The van der Waals surface area contributed by atoms with Crippen molar-refractivity contribution in [3.05, 3.63) is 83.9 Å². The molecule has 43 heavy (non-hydrogen) atoms. The van der Waals surface area contributed by atoms with Gasteiger partial charge in [-0.3, -0.25) is 13.9 Å². The number of nitrogens with one attached hydrogen (secondary N) is 1. The number of ether oxygens (including phenoxy) is 2. The molecule has 0 unspecified atom stereocenters. The summed E-state index contributed by atoms with van der Waals surface area (Å²) in [7, 11) is -1.34. The molecule has 0 heterocycles. The lowest BCUT2D eigenvalue weighted by Crippen LogP contribution is -2.54. The van der Waals surface area contributed by atoms with Gasteiger partial charge in [0.15, 0.2) is 0 Å². The molecule has 0 saturated carbocycles. The molecule has 3 aromatic carbocycles. The van der Waals surface area contributed by atoms with E-state index in [0.29, 0.717) is 18.6 Å². The second-order valence-electron chi connectivity index (χ2n) is 10.4. The van der Waals surface area contributed by atoms with Crippen LogP contribution in [-0.2, 0) is 26.0 Å². The van der Waals surface area contributed by atoms with Gasteiger partial charge in [-0.1, -0.05) is 61.9 Å². The van der Waals surface area contributed by atoms with E-state index in [1.165, 1.54) is 37.3 Å². The summed E-state index contributed by atoms with van der Waals surface area (Å²) in [6.45, 7) is 7.26. The van der Waals surface area contributed by atoms with Gasteiger partial charge in [0.1, 0.15) is 24.1 Å². The van der Waals surface area contributed by atoms with E-state index >= 15 is 0 Å². The maximum atomic E-state index is 14.3. The molecule has 0 aliphatic rings. The number of sulfonamides is 1. The fourth-order valence-corrected chi connectivity index (χ4v) is 6.10. The van der Waals surface area contributed by atoms with Crippen LogP contribution >= 0.6 is 0 Å². The fraction of sp³-hybridized carbons (Fsp3) is 0.394. The Labute approximate surface area is 255 Å². The Morgan fingerprint density at radius 3 is 2.16 bits per heavy atom. The molecule has 3 rings (SSSR count). The molecule has 10 heteroatoms. The summed E-state index contributed by atoms with van der Waals surface area (Å²) < 4.78 is 40.3. The van der Waals surface area contributed by atoms with Gasteiger partial charge in [-0.2, -0.15) is 0 Å². The minimum atomic E-state index is -4.25. The summed E-state index contributed by atoms with van der Waals surface area (Å²) in [5.41, 5.74) is 2.04. The molecule has 0 saturated heterocycles. The van der Waals surface area contributed by atoms with E-state index in [1.54, 1.807) is 24.3 Å². The van der Waals surface area contributed by atoms with E-state index in [4.69, 9.17) is 9.47 Å². The maximum Gasteiger partial charge on any atom is 0.264 e. The van der Waals surface area contributed by atoms with Crippen LogP contribution in [0.1, 0.15) is 44.7 Å². The van der Waals surface area contributed by atoms with Crippen molar-refractivity contribution in [1.29, 1.82) is 0 Å². The van der Waals surface area contributed by atoms with Crippen molar-refractivity contribution in [2.24, 2.45) is 0 Å². The number of carbonyl (C=O) groups is 2. The van der Waals surface area contributed by atoms with E-state index in [-0.39, 0.29) is 34.8 Å². The molecule has 2 atom stereocenters. The van der Waals surface area contributed by atoms with Gasteiger partial charge in [-0.15, -0.1) is 0 Å².